The lowest BCUT2D eigenvalue weighted by molar-refractivity contribution is 1.32. The number of hydrogen-bond donors (Lipinski definition) is 1. The van der Waals surface area contributed by atoms with Crippen LogP contribution in [0, 0.1) is 6.92 Å². The average Bonchev–Trinajstić information content (AvgIpc) is 2.48. The number of nitrogen functional groups attached to an aromatic ring is 1. The molecule has 0 fully saturated rings. The van der Waals surface area contributed by atoms with Gasteiger partial charge in [0.25, 0.3) is 0 Å². The van der Waals surface area contributed by atoms with Gasteiger partial charge in [-0.3, -0.25) is 4.98 Å². The molecule has 2 aromatic carbocycles. The van der Waals surface area contributed by atoms with E-state index in [9.17, 15) is 0 Å². The van der Waals surface area contributed by atoms with E-state index in [1.54, 1.807) is 0 Å². The summed E-state index contributed by atoms with van der Waals surface area (Å²) in [5.41, 5.74) is 12.5. The number of pyridine rings is 1. The third-order valence-electron chi connectivity index (χ3n) is 3.45. The van der Waals surface area contributed by atoms with Gasteiger partial charge in [-0.1, -0.05) is 36.4 Å². The predicted molar refractivity (Wildman–Crippen MR) is 84.3 cm³/mol. The van der Waals surface area contributed by atoms with Gasteiger partial charge < -0.3 is 5.73 Å². The normalized spacial score (nSPS) is 10.4. The van der Waals surface area contributed by atoms with Crippen molar-refractivity contribution >= 4 is 5.69 Å². The largest absolute Gasteiger partial charge is 0.399 e. The highest BCUT2D eigenvalue weighted by Gasteiger charge is 2.09. The van der Waals surface area contributed by atoms with Crippen LogP contribution in [0.4, 0.5) is 5.69 Å². The first-order chi connectivity index (χ1) is 9.75. The van der Waals surface area contributed by atoms with Gasteiger partial charge in [0.1, 0.15) is 0 Å². The molecule has 0 aliphatic carbocycles. The van der Waals surface area contributed by atoms with Gasteiger partial charge in [0.05, 0.1) is 0 Å². The van der Waals surface area contributed by atoms with Crippen molar-refractivity contribution in [1.29, 1.82) is 0 Å². The highest BCUT2D eigenvalue weighted by atomic mass is 14.6. The molecule has 2 nitrogen and oxygen atoms in total. The van der Waals surface area contributed by atoms with Crippen LogP contribution in [-0.2, 0) is 0 Å². The van der Waals surface area contributed by atoms with E-state index in [1.165, 1.54) is 16.7 Å². The molecule has 0 amide bonds. The third kappa shape index (κ3) is 2.28. The molecule has 3 aromatic rings. The summed E-state index contributed by atoms with van der Waals surface area (Å²) in [7, 11) is 0. The maximum Gasteiger partial charge on any atom is 0.0352 e. The zero-order valence-corrected chi connectivity index (χ0v) is 11.4. The Morgan fingerprint density at radius 1 is 0.850 bits per heavy atom. The molecule has 0 unspecified atom stereocenters. The van der Waals surface area contributed by atoms with Crippen LogP contribution in [-0.4, -0.2) is 4.98 Å². The van der Waals surface area contributed by atoms with Crippen LogP contribution < -0.4 is 5.73 Å². The van der Waals surface area contributed by atoms with Crippen LogP contribution in [0.15, 0.2) is 67.0 Å². The van der Waals surface area contributed by atoms with Crippen LogP contribution in [0.25, 0.3) is 22.3 Å². The Kier molecular flexibility index (Phi) is 3.21. The minimum absolute atomic E-state index is 0.788. The Morgan fingerprint density at radius 2 is 1.65 bits per heavy atom. The van der Waals surface area contributed by atoms with E-state index in [0.29, 0.717) is 0 Å². The van der Waals surface area contributed by atoms with Gasteiger partial charge in [-0.2, -0.15) is 0 Å². The molecule has 1 heterocycles. The predicted octanol–water partition coefficient (Wildman–Crippen LogP) is 4.31. The summed E-state index contributed by atoms with van der Waals surface area (Å²) in [4.78, 5) is 4.28. The van der Waals surface area contributed by atoms with Crippen molar-refractivity contribution < 1.29 is 0 Å². The Morgan fingerprint density at radius 3 is 2.40 bits per heavy atom. The van der Waals surface area contributed by atoms with Gasteiger partial charge >= 0.3 is 0 Å². The lowest BCUT2D eigenvalue weighted by Gasteiger charge is -2.12. The molecule has 0 radical (unpaired) electrons. The number of nitrogens with two attached hydrogens (primary N) is 1. The number of anilines is 1. The van der Waals surface area contributed by atoms with E-state index < -0.39 is 0 Å². The van der Waals surface area contributed by atoms with Crippen molar-refractivity contribution in [3.05, 3.63) is 72.6 Å². The molecule has 3 rings (SSSR count). The maximum atomic E-state index is 5.84. The number of rotatable bonds is 2. The summed E-state index contributed by atoms with van der Waals surface area (Å²) in [6, 6.07) is 18.4. The first kappa shape index (κ1) is 12.4. The Balaban J connectivity index is 2.20. The second-order valence-corrected chi connectivity index (χ2v) is 4.86. The fraction of sp³-hybridized carbons (Fsp3) is 0.0556. The summed E-state index contributed by atoms with van der Waals surface area (Å²) in [6.45, 7) is 2.08. The van der Waals surface area contributed by atoms with E-state index in [4.69, 9.17) is 5.73 Å². The second-order valence-electron chi connectivity index (χ2n) is 4.86. The lowest BCUT2D eigenvalue weighted by atomic mass is 9.94. The van der Waals surface area contributed by atoms with Crippen LogP contribution in [0.5, 0.6) is 0 Å². The molecule has 2 N–H and O–H groups in total. The zero-order chi connectivity index (χ0) is 13.9. The quantitative estimate of drug-likeness (QED) is 0.697. The van der Waals surface area contributed by atoms with Gasteiger partial charge in [0, 0.05) is 23.6 Å². The molecule has 1 aromatic heterocycles. The number of hydrogen-bond acceptors (Lipinski definition) is 2. The number of aryl methyl sites for hydroxylation is 1. The summed E-state index contributed by atoms with van der Waals surface area (Å²) in [5, 5.41) is 0. The molecular weight excluding hydrogens is 244 g/mol. The Labute approximate surface area is 118 Å². The zero-order valence-electron chi connectivity index (χ0n) is 11.4. The molecule has 0 atom stereocenters. The molecular formula is C18H16N2. The van der Waals surface area contributed by atoms with E-state index in [-0.39, 0.29) is 0 Å². The van der Waals surface area contributed by atoms with E-state index in [1.807, 2.05) is 30.6 Å². The van der Waals surface area contributed by atoms with Crippen molar-refractivity contribution in [2.45, 2.75) is 6.92 Å². The molecule has 20 heavy (non-hydrogen) atoms. The molecule has 0 spiro atoms. The van der Waals surface area contributed by atoms with Crippen molar-refractivity contribution in [3.8, 4) is 22.3 Å². The summed E-state index contributed by atoms with van der Waals surface area (Å²) >= 11 is 0. The highest BCUT2D eigenvalue weighted by Crippen LogP contribution is 2.33. The van der Waals surface area contributed by atoms with Gasteiger partial charge in [0.2, 0.25) is 0 Å². The van der Waals surface area contributed by atoms with E-state index in [0.717, 1.165) is 16.8 Å². The van der Waals surface area contributed by atoms with E-state index >= 15 is 0 Å². The first-order valence-electron chi connectivity index (χ1n) is 6.61. The lowest BCUT2D eigenvalue weighted by Crippen LogP contribution is -1.91. The van der Waals surface area contributed by atoms with Crippen LogP contribution in [0.1, 0.15) is 5.56 Å². The smallest absolute Gasteiger partial charge is 0.0352 e. The molecule has 0 saturated carbocycles. The van der Waals surface area contributed by atoms with E-state index in [2.05, 4.69) is 48.3 Å². The highest BCUT2D eigenvalue weighted by molar-refractivity contribution is 5.84. The van der Waals surface area contributed by atoms with Crippen molar-refractivity contribution in [2.75, 3.05) is 5.73 Å². The van der Waals surface area contributed by atoms with Crippen LogP contribution >= 0.6 is 0 Å². The molecule has 0 aliphatic rings. The second kappa shape index (κ2) is 5.17. The van der Waals surface area contributed by atoms with Crippen molar-refractivity contribution in [1.82, 2.24) is 4.98 Å². The van der Waals surface area contributed by atoms with Gasteiger partial charge in [-0.05, 0) is 47.4 Å². The van der Waals surface area contributed by atoms with Crippen molar-refractivity contribution in [2.24, 2.45) is 0 Å². The fourth-order valence-electron chi connectivity index (χ4n) is 2.47. The monoisotopic (exact) mass is 260 g/mol. The van der Waals surface area contributed by atoms with Crippen LogP contribution in [0.2, 0.25) is 0 Å². The summed E-state index contributed by atoms with van der Waals surface area (Å²) < 4.78 is 0. The Bertz CT molecular complexity index is 733. The fourth-order valence-corrected chi connectivity index (χ4v) is 2.47. The standard InChI is InChI=1S/C18H16N2/c1-13-11-15(19)7-8-16(13)18-12-20-10-9-17(18)14-5-3-2-4-6-14/h2-12H,19H2,1H3. The molecule has 2 heteroatoms. The molecule has 0 aliphatic heterocycles. The SMILES string of the molecule is Cc1cc(N)ccc1-c1cnccc1-c1ccccc1. The summed E-state index contributed by atoms with van der Waals surface area (Å²) in [5.74, 6) is 0. The first-order valence-corrected chi connectivity index (χ1v) is 6.61. The number of aromatic nitrogens is 1. The molecule has 98 valence electrons. The Hall–Kier alpha value is -2.61. The topological polar surface area (TPSA) is 38.9 Å². The number of nitrogens with zero attached hydrogens (tertiary/aromatic N) is 1. The minimum Gasteiger partial charge on any atom is -0.399 e. The maximum absolute atomic E-state index is 5.84. The van der Waals surface area contributed by atoms with Gasteiger partial charge in [-0.15, -0.1) is 0 Å². The van der Waals surface area contributed by atoms with Gasteiger partial charge in [-0.25, -0.2) is 0 Å². The summed E-state index contributed by atoms with van der Waals surface area (Å²) in [6.07, 6.45) is 3.75. The molecule has 0 bridgehead atoms. The minimum atomic E-state index is 0.788. The third-order valence-corrected chi connectivity index (χ3v) is 3.45. The number of benzene rings is 2. The van der Waals surface area contributed by atoms with Crippen molar-refractivity contribution in [3.63, 3.8) is 0 Å². The molecule has 0 saturated heterocycles. The average molecular weight is 260 g/mol. The van der Waals surface area contributed by atoms with Gasteiger partial charge in [0.15, 0.2) is 0 Å². The van der Waals surface area contributed by atoms with Crippen LogP contribution in [0.3, 0.4) is 0 Å².